The molecule has 0 fully saturated rings. The van der Waals surface area contributed by atoms with E-state index in [-0.39, 0.29) is 0 Å². The topological polar surface area (TPSA) is 29.0 Å². The van der Waals surface area contributed by atoms with Gasteiger partial charge in [-0.15, -0.1) is 0 Å². The van der Waals surface area contributed by atoms with Crippen molar-refractivity contribution < 1.29 is 0 Å². The summed E-state index contributed by atoms with van der Waals surface area (Å²) in [4.78, 5) is 13.2. The molecule has 8 aromatic carbocycles. The molecule has 260 valence electrons. The van der Waals surface area contributed by atoms with E-state index in [0.717, 1.165) is 62.1 Å². The van der Waals surface area contributed by atoms with E-state index >= 15 is 0 Å². The average Bonchev–Trinajstić information content (AvgIpc) is 3.28. The van der Waals surface area contributed by atoms with Gasteiger partial charge in [0, 0.05) is 39.3 Å². The van der Waals surface area contributed by atoms with Crippen molar-refractivity contribution in [3.8, 4) is 67.3 Å². The monoisotopic (exact) mass is 703 g/mol. The fourth-order valence-corrected chi connectivity index (χ4v) is 7.11. The normalized spacial score (nSPS) is 10.9. The molecule has 0 spiro atoms. The third-order valence-corrected chi connectivity index (χ3v) is 9.90. The molecule has 9 rings (SSSR count). The SMILES string of the molecule is c1ccc(-c2ccc(N(c3ccc(-c4ccccc4)cc3)c3ccc(-c4nc(-c5ccccc5)c(-c5ccccc5)nc4-c4ccccc4)cc3)cc2)cc1. The molecule has 1 heterocycles. The van der Waals surface area contributed by atoms with Gasteiger partial charge in [0.05, 0.1) is 22.8 Å². The molecule has 0 unspecified atom stereocenters. The lowest BCUT2D eigenvalue weighted by molar-refractivity contribution is 1.21. The van der Waals surface area contributed by atoms with Crippen LogP contribution < -0.4 is 4.90 Å². The molecule has 0 amide bonds. The Kier molecular flexibility index (Phi) is 9.32. The van der Waals surface area contributed by atoms with Gasteiger partial charge in [-0.2, -0.15) is 0 Å². The molecule has 1 aromatic heterocycles. The van der Waals surface area contributed by atoms with Crippen LogP contribution >= 0.6 is 0 Å². The van der Waals surface area contributed by atoms with Crippen molar-refractivity contribution in [1.29, 1.82) is 0 Å². The first-order chi connectivity index (χ1) is 27.3. The smallest absolute Gasteiger partial charge is 0.0973 e. The van der Waals surface area contributed by atoms with Crippen LogP contribution in [0.4, 0.5) is 17.1 Å². The first-order valence-corrected chi connectivity index (χ1v) is 18.6. The van der Waals surface area contributed by atoms with E-state index in [4.69, 9.17) is 9.97 Å². The number of rotatable bonds is 9. The van der Waals surface area contributed by atoms with Crippen molar-refractivity contribution in [3.05, 3.63) is 224 Å². The maximum atomic E-state index is 5.46. The van der Waals surface area contributed by atoms with Gasteiger partial charge in [-0.3, -0.25) is 0 Å². The number of nitrogens with zero attached hydrogens (tertiary/aromatic N) is 3. The Morgan fingerprint density at radius 1 is 0.200 bits per heavy atom. The minimum absolute atomic E-state index is 0.835. The van der Waals surface area contributed by atoms with Crippen LogP contribution in [0.15, 0.2) is 224 Å². The van der Waals surface area contributed by atoms with Gasteiger partial charge in [0.25, 0.3) is 0 Å². The van der Waals surface area contributed by atoms with E-state index in [1.807, 2.05) is 18.2 Å². The summed E-state index contributed by atoms with van der Waals surface area (Å²) < 4.78 is 0. The molecule has 0 N–H and O–H groups in total. The predicted octanol–water partition coefficient (Wildman–Crippen LogP) is 13.9. The summed E-state index contributed by atoms with van der Waals surface area (Å²) >= 11 is 0. The van der Waals surface area contributed by atoms with Crippen molar-refractivity contribution >= 4 is 17.1 Å². The van der Waals surface area contributed by atoms with Crippen LogP contribution in [-0.4, -0.2) is 9.97 Å². The van der Waals surface area contributed by atoms with Crippen LogP contribution in [0, 0.1) is 0 Å². The summed E-state index contributed by atoms with van der Waals surface area (Å²) in [6.07, 6.45) is 0. The number of hydrogen-bond donors (Lipinski definition) is 0. The minimum Gasteiger partial charge on any atom is -0.311 e. The number of aromatic nitrogens is 2. The summed E-state index contributed by atoms with van der Waals surface area (Å²) in [5, 5.41) is 0. The minimum atomic E-state index is 0.835. The predicted molar refractivity (Wildman–Crippen MR) is 229 cm³/mol. The van der Waals surface area contributed by atoms with Crippen LogP contribution in [-0.2, 0) is 0 Å². The van der Waals surface area contributed by atoms with Crippen molar-refractivity contribution in [3.63, 3.8) is 0 Å². The second-order valence-electron chi connectivity index (χ2n) is 13.4. The zero-order valence-corrected chi connectivity index (χ0v) is 30.2. The molecule has 0 saturated carbocycles. The van der Waals surface area contributed by atoms with Crippen LogP contribution in [0.3, 0.4) is 0 Å². The largest absolute Gasteiger partial charge is 0.311 e. The van der Waals surface area contributed by atoms with Crippen molar-refractivity contribution in [2.24, 2.45) is 0 Å². The molecule has 55 heavy (non-hydrogen) atoms. The van der Waals surface area contributed by atoms with Gasteiger partial charge in [0.15, 0.2) is 0 Å². The molecule has 0 saturated heterocycles. The Morgan fingerprint density at radius 2 is 0.400 bits per heavy atom. The summed E-state index contributed by atoms with van der Waals surface area (Å²) in [6, 6.07) is 78.4. The highest BCUT2D eigenvalue weighted by Crippen LogP contribution is 2.40. The summed E-state index contributed by atoms with van der Waals surface area (Å²) in [7, 11) is 0. The molecule has 0 aliphatic carbocycles. The van der Waals surface area contributed by atoms with Gasteiger partial charge in [-0.05, 0) is 58.7 Å². The lowest BCUT2D eigenvalue weighted by Gasteiger charge is -2.26. The quantitative estimate of drug-likeness (QED) is 0.150. The van der Waals surface area contributed by atoms with Gasteiger partial charge in [0.1, 0.15) is 0 Å². The average molecular weight is 704 g/mol. The van der Waals surface area contributed by atoms with E-state index in [9.17, 15) is 0 Å². The van der Waals surface area contributed by atoms with Crippen LogP contribution in [0.2, 0.25) is 0 Å². The Hall–Kier alpha value is -7.36. The van der Waals surface area contributed by atoms with Crippen LogP contribution in [0.25, 0.3) is 67.3 Å². The zero-order chi connectivity index (χ0) is 36.8. The Labute approximate surface area is 322 Å². The molecule has 0 bridgehead atoms. The molecular weight excluding hydrogens is 667 g/mol. The number of benzene rings is 8. The van der Waals surface area contributed by atoms with Crippen LogP contribution in [0.5, 0.6) is 0 Å². The second kappa shape index (κ2) is 15.3. The maximum Gasteiger partial charge on any atom is 0.0973 e. The Bertz CT molecular complexity index is 2540. The highest BCUT2D eigenvalue weighted by Gasteiger charge is 2.20. The second-order valence-corrected chi connectivity index (χ2v) is 13.4. The van der Waals surface area contributed by atoms with E-state index in [1.165, 1.54) is 22.3 Å². The highest BCUT2D eigenvalue weighted by atomic mass is 15.1. The van der Waals surface area contributed by atoms with Crippen molar-refractivity contribution in [2.75, 3.05) is 4.90 Å². The van der Waals surface area contributed by atoms with Gasteiger partial charge in [-0.25, -0.2) is 9.97 Å². The molecule has 0 atom stereocenters. The van der Waals surface area contributed by atoms with Crippen molar-refractivity contribution in [2.45, 2.75) is 0 Å². The molecule has 0 radical (unpaired) electrons. The Balaban J connectivity index is 1.16. The molecule has 3 heteroatoms. The van der Waals surface area contributed by atoms with Gasteiger partial charge in [0.2, 0.25) is 0 Å². The van der Waals surface area contributed by atoms with E-state index < -0.39 is 0 Å². The third-order valence-electron chi connectivity index (χ3n) is 9.90. The first-order valence-electron chi connectivity index (χ1n) is 18.6. The maximum absolute atomic E-state index is 5.46. The lowest BCUT2D eigenvalue weighted by Crippen LogP contribution is -2.10. The Morgan fingerprint density at radius 3 is 0.673 bits per heavy atom. The molecule has 3 nitrogen and oxygen atoms in total. The van der Waals surface area contributed by atoms with E-state index in [1.54, 1.807) is 0 Å². The summed E-state index contributed by atoms with van der Waals surface area (Å²) in [5.41, 5.74) is 15.4. The van der Waals surface area contributed by atoms with Gasteiger partial charge in [-0.1, -0.05) is 188 Å². The number of hydrogen-bond acceptors (Lipinski definition) is 3. The van der Waals surface area contributed by atoms with Gasteiger partial charge >= 0.3 is 0 Å². The van der Waals surface area contributed by atoms with E-state index in [2.05, 4.69) is 211 Å². The highest BCUT2D eigenvalue weighted by molar-refractivity contribution is 5.88. The molecule has 0 aliphatic rings. The first kappa shape index (κ1) is 33.5. The van der Waals surface area contributed by atoms with Crippen molar-refractivity contribution in [1.82, 2.24) is 9.97 Å². The summed E-state index contributed by atoms with van der Waals surface area (Å²) in [6.45, 7) is 0. The summed E-state index contributed by atoms with van der Waals surface area (Å²) in [5.74, 6) is 0. The third kappa shape index (κ3) is 7.07. The molecule has 9 aromatic rings. The molecular formula is C52H37N3. The fraction of sp³-hybridized carbons (Fsp3) is 0. The van der Waals surface area contributed by atoms with Gasteiger partial charge < -0.3 is 4.90 Å². The number of anilines is 3. The fourth-order valence-electron chi connectivity index (χ4n) is 7.11. The van der Waals surface area contributed by atoms with Crippen LogP contribution in [0.1, 0.15) is 0 Å². The standard InChI is InChI=1S/C52H37N3/c1-6-16-38(17-7-1)40-26-32-46(33-27-40)55(47-34-28-41(29-35-47)39-18-8-2-9-19-39)48-36-30-45(31-37-48)52-51(44-24-14-5-15-25-44)53-49(42-20-10-3-11-21-42)50(54-52)43-22-12-4-13-23-43/h1-37H. The molecule has 0 aliphatic heterocycles. The van der Waals surface area contributed by atoms with E-state index in [0.29, 0.717) is 0 Å². The zero-order valence-electron chi connectivity index (χ0n) is 30.2. The lowest BCUT2D eigenvalue weighted by atomic mass is 9.99.